The quantitative estimate of drug-likeness (QED) is 0.886. The summed E-state index contributed by atoms with van der Waals surface area (Å²) >= 11 is 0. The summed E-state index contributed by atoms with van der Waals surface area (Å²) in [6, 6.07) is 17.0. The fourth-order valence-corrected chi connectivity index (χ4v) is 2.12. The number of amides is 1. The highest BCUT2D eigenvalue weighted by Crippen LogP contribution is 2.30. The first kappa shape index (κ1) is 15.1. The number of rotatable bonds is 5. The Bertz CT molecular complexity index is 597. The average Bonchev–Trinajstić information content (AvgIpc) is 2.46. The molecule has 0 saturated carbocycles. The molecule has 0 aliphatic heterocycles. The van der Waals surface area contributed by atoms with Gasteiger partial charge in [0, 0.05) is 13.0 Å². The van der Waals surface area contributed by atoms with Crippen LogP contribution in [-0.4, -0.2) is 11.9 Å². The lowest BCUT2D eigenvalue weighted by atomic mass is 10.0. The lowest BCUT2D eigenvalue weighted by Gasteiger charge is -2.24. The normalized spacial score (nSPS) is 13.3. The van der Waals surface area contributed by atoms with Crippen LogP contribution in [-0.2, 0) is 4.79 Å². The number of hydrogen-bond donors (Lipinski definition) is 2. The Morgan fingerprint density at radius 1 is 1.10 bits per heavy atom. The molecule has 0 bridgehead atoms. The number of para-hydroxylation sites is 2. The third-order valence-corrected chi connectivity index (χ3v) is 3.06. The first-order valence-electron chi connectivity index (χ1n) is 6.91. The van der Waals surface area contributed by atoms with Gasteiger partial charge in [-0.25, -0.2) is 0 Å². The first-order valence-corrected chi connectivity index (χ1v) is 6.91. The molecule has 2 aromatic carbocycles. The van der Waals surface area contributed by atoms with Crippen molar-refractivity contribution < 1.29 is 9.53 Å². The molecule has 2 aromatic rings. The van der Waals surface area contributed by atoms with Crippen molar-refractivity contribution in [1.29, 1.82) is 0 Å². The van der Waals surface area contributed by atoms with E-state index < -0.39 is 0 Å². The van der Waals surface area contributed by atoms with Crippen LogP contribution in [0.25, 0.3) is 0 Å². The van der Waals surface area contributed by atoms with Crippen LogP contribution in [0.15, 0.2) is 54.6 Å². The van der Waals surface area contributed by atoms with Crippen molar-refractivity contribution in [1.82, 2.24) is 0 Å². The van der Waals surface area contributed by atoms with Gasteiger partial charge in [0.05, 0.1) is 5.69 Å². The molecule has 21 heavy (non-hydrogen) atoms. The maximum atomic E-state index is 11.3. The van der Waals surface area contributed by atoms with Crippen LogP contribution in [0.2, 0.25) is 0 Å². The Labute approximate surface area is 124 Å². The fourth-order valence-electron chi connectivity index (χ4n) is 2.12. The van der Waals surface area contributed by atoms with Crippen LogP contribution in [0, 0.1) is 0 Å². The Kier molecular flexibility index (Phi) is 4.95. The van der Waals surface area contributed by atoms with Crippen molar-refractivity contribution in [3.8, 4) is 5.75 Å². The molecule has 0 saturated heterocycles. The van der Waals surface area contributed by atoms with Crippen molar-refractivity contribution in [2.75, 3.05) is 5.32 Å². The van der Waals surface area contributed by atoms with Gasteiger partial charge in [-0.05, 0) is 24.6 Å². The zero-order chi connectivity index (χ0) is 15.2. The summed E-state index contributed by atoms with van der Waals surface area (Å²) in [5, 5.41) is 2.76. The van der Waals surface area contributed by atoms with E-state index in [1.54, 1.807) is 6.07 Å². The van der Waals surface area contributed by atoms with E-state index in [4.69, 9.17) is 10.5 Å². The number of anilines is 1. The van der Waals surface area contributed by atoms with Crippen LogP contribution in [0.1, 0.15) is 25.5 Å². The summed E-state index contributed by atoms with van der Waals surface area (Å²) < 4.78 is 6.05. The predicted molar refractivity (Wildman–Crippen MR) is 84.2 cm³/mol. The Balaban J connectivity index is 2.28. The molecular weight excluding hydrogens is 264 g/mol. The molecule has 4 nitrogen and oxygen atoms in total. The van der Waals surface area contributed by atoms with Crippen molar-refractivity contribution in [3.05, 3.63) is 60.2 Å². The second-order valence-corrected chi connectivity index (χ2v) is 4.99. The van der Waals surface area contributed by atoms with Gasteiger partial charge < -0.3 is 15.8 Å². The maximum Gasteiger partial charge on any atom is 0.221 e. The zero-order valence-corrected chi connectivity index (χ0v) is 12.2. The molecule has 0 heterocycles. The number of hydrogen-bond acceptors (Lipinski definition) is 3. The second kappa shape index (κ2) is 6.90. The van der Waals surface area contributed by atoms with Gasteiger partial charge in [-0.3, -0.25) is 4.79 Å². The maximum absolute atomic E-state index is 11.3. The van der Waals surface area contributed by atoms with Crippen LogP contribution < -0.4 is 15.8 Å². The van der Waals surface area contributed by atoms with E-state index in [1.165, 1.54) is 6.92 Å². The lowest BCUT2D eigenvalue weighted by molar-refractivity contribution is -0.114. The molecule has 0 aliphatic carbocycles. The minimum absolute atomic E-state index is 0.136. The highest BCUT2D eigenvalue weighted by Gasteiger charge is 2.19. The van der Waals surface area contributed by atoms with E-state index >= 15 is 0 Å². The highest BCUT2D eigenvalue weighted by molar-refractivity contribution is 5.90. The molecule has 0 fully saturated rings. The molecule has 2 unspecified atom stereocenters. The third-order valence-electron chi connectivity index (χ3n) is 3.06. The monoisotopic (exact) mass is 284 g/mol. The largest absolute Gasteiger partial charge is 0.482 e. The fraction of sp³-hybridized carbons (Fsp3) is 0.235. The molecule has 1 amide bonds. The number of nitrogens with two attached hydrogens (primary N) is 1. The Hall–Kier alpha value is -2.33. The highest BCUT2D eigenvalue weighted by atomic mass is 16.5. The Morgan fingerprint density at radius 2 is 1.71 bits per heavy atom. The lowest BCUT2D eigenvalue weighted by Crippen LogP contribution is -2.29. The summed E-state index contributed by atoms with van der Waals surface area (Å²) in [5.74, 6) is 0.474. The van der Waals surface area contributed by atoms with Gasteiger partial charge in [0.25, 0.3) is 0 Å². The molecule has 2 rings (SSSR count). The second-order valence-electron chi connectivity index (χ2n) is 4.99. The van der Waals surface area contributed by atoms with E-state index in [9.17, 15) is 4.79 Å². The Morgan fingerprint density at radius 3 is 2.33 bits per heavy atom. The SMILES string of the molecule is CC(=O)Nc1ccccc1OC(c1ccccc1)C(C)N. The van der Waals surface area contributed by atoms with Crippen molar-refractivity contribution in [2.24, 2.45) is 5.73 Å². The van der Waals surface area contributed by atoms with Gasteiger partial charge in [-0.15, -0.1) is 0 Å². The van der Waals surface area contributed by atoms with Crippen LogP contribution in [0.4, 0.5) is 5.69 Å². The molecule has 110 valence electrons. The summed E-state index contributed by atoms with van der Waals surface area (Å²) in [6.45, 7) is 3.37. The third kappa shape index (κ3) is 4.07. The van der Waals surface area contributed by atoms with Gasteiger partial charge in [0.15, 0.2) is 0 Å². The molecule has 0 spiro atoms. The summed E-state index contributed by atoms with van der Waals surface area (Å²) in [4.78, 5) is 11.3. The van der Waals surface area contributed by atoms with Gasteiger partial charge in [-0.1, -0.05) is 42.5 Å². The zero-order valence-electron chi connectivity index (χ0n) is 12.2. The first-order chi connectivity index (χ1) is 10.1. The molecule has 2 atom stereocenters. The standard InChI is InChI=1S/C17H20N2O2/c1-12(18)17(14-8-4-3-5-9-14)21-16-11-7-6-10-15(16)19-13(2)20/h3-12,17H,18H2,1-2H3,(H,19,20). The number of nitrogens with one attached hydrogen (secondary N) is 1. The van der Waals surface area contributed by atoms with Gasteiger partial charge >= 0.3 is 0 Å². The molecular formula is C17H20N2O2. The van der Waals surface area contributed by atoms with E-state index in [1.807, 2.05) is 55.5 Å². The topological polar surface area (TPSA) is 64.3 Å². The van der Waals surface area contributed by atoms with E-state index in [0.717, 1.165) is 5.56 Å². The van der Waals surface area contributed by atoms with E-state index in [2.05, 4.69) is 5.32 Å². The van der Waals surface area contributed by atoms with E-state index in [-0.39, 0.29) is 18.1 Å². The average molecular weight is 284 g/mol. The smallest absolute Gasteiger partial charge is 0.221 e. The van der Waals surface area contributed by atoms with Gasteiger partial charge in [0.2, 0.25) is 5.91 Å². The molecule has 4 heteroatoms. The summed E-state index contributed by atoms with van der Waals surface area (Å²) in [7, 11) is 0. The molecule has 3 N–H and O–H groups in total. The number of carbonyl (C=O) groups excluding carboxylic acids is 1. The number of ether oxygens (including phenoxy) is 1. The molecule has 0 aromatic heterocycles. The summed E-state index contributed by atoms with van der Waals surface area (Å²) in [6.07, 6.45) is -0.277. The minimum atomic E-state index is -0.277. The van der Waals surface area contributed by atoms with E-state index in [0.29, 0.717) is 11.4 Å². The van der Waals surface area contributed by atoms with Gasteiger partial charge in [0.1, 0.15) is 11.9 Å². The van der Waals surface area contributed by atoms with Gasteiger partial charge in [-0.2, -0.15) is 0 Å². The number of benzene rings is 2. The number of carbonyl (C=O) groups is 1. The van der Waals surface area contributed by atoms with Crippen molar-refractivity contribution >= 4 is 11.6 Å². The predicted octanol–water partition coefficient (Wildman–Crippen LogP) is 3.11. The van der Waals surface area contributed by atoms with Crippen LogP contribution in [0.5, 0.6) is 5.75 Å². The molecule has 0 radical (unpaired) electrons. The van der Waals surface area contributed by atoms with Crippen molar-refractivity contribution in [3.63, 3.8) is 0 Å². The summed E-state index contributed by atoms with van der Waals surface area (Å²) in [5.41, 5.74) is 7.71. The van der Waals surface area contributed by atoms with Crippen LogP contribution in [0.3, 0.4) is 0 Å². The minimum Gasteiger partial charge on any atom is -0.482 e. The van der Waals surface area contributed by atoms with Crippen molar-refractivity contribution in [2.45, 2.75) is 26.0 Å². The van der Waals surface area contributed by atoms with Crippen LogP contribution >= 0.6 is 0 Å². The molecule has 0 aliphatic rings.